The zero-order valence-electron chi connectivity index (χ0n) is 18.7. The van der Waals surface area contributed by atoms with Crippen molar-refractivity contribution < 1.29 is 5.11 Å². The minimum atomic E-state index is 0.292. The van der Waals surface area contributed by atoms with Gasteiger partial charge in [-0.1, -0.05) is 34.5 Å². The number of rotatable bonds is 10. The van der Waals surface area contributed by atoms with Crippen LogP contribution in [0.4, 0.5) is 0 Å². The highest BCUT2D eigenvalue weighted by Gasteiger charge is 2.25. The summed E-state index contributed by atoms with van der Waals surface area (Å²) in [5, 5.41) is 10.1. The van der Waals surface area contributed by atoms with Crippen molar-refractivity contribution in [3.63, 3.8) is 0 Å². The Morgan fingerprint density at radius 1 is 1.10 bits per heavy atom. The Kier molecular flexibility index (Phi) is 10.5. The zero-order valence-corrected chi connectivity index (χ0v) is 21.0. The molecule has 3 rings (SSSR count). The first-order chi connectivity index (χ1) is 14.6. The molecule has 1 saturated heterocycles. The van der Waals surface area contributed by atoms with Gasteiger partial charge in [0.25, 0.3) is 0 Å². The number of aliphatic hydroxyl groups excluding tert-OH is 1. The summed E-state index contributed by atoms with van der Waals surface area (Å²) in [6.07, 6.45) is 11.9. The summed E-state index contributed by atoms with van der Waals surface area (Å²) in [4.78, 5) is 5.16. The van der Waals surface area contributed by atoms with Crippen LogP contribution >= 0.6 is 27.5 Å². The molecule has 1 heterocycles. The van der Waals surface area contributed by atoms with E-state index in [1.807, 2.05) is 6.07 Å². The van der Waals surface area contributed by atoms with Crippen LogP contribution in [0.2, 0.25) is 5.02 Å². The lowest BCUT2D eigenvalue weighted by Gasteiger charge is -2.36. The van der Waals surface area contributed by atoms with Crippen molar-refractivity contribution >= 4 is 27.5 Å². The number of halogens is 2. The molecule has 2 fully saturated rings. The van der Waals surface area contributed by atoms with E-state index in [4.69, 9.17) is 11.6 Å². The van der Waals surface area contributed by atoms with Crippen LogP contribution in [-0.4, -0.2) is 60.3 Å². The molecule has 0 atom stereocenters. The summed E-state index contributed by atoms with van der Waals surface area (Å²) in [6.45, 7) is 8.21. The predicted molar refractivity (Wildman–Crippen MR) is 131 cm³/mol. The standard InChI is InChI=1S/C25H40BrClN2O/c1-2-29(16-17-30)24-8-5-20(6-9-24)4-3-13-28-14-11-21(12-15-28)18-22-19-23(27)7-10-25(22)26/h7,10,19-21,24,30H,2-6,8-9,11-18H2,1H3. The third kappa shape index (κ3) is 7.48. The van der Waals surface area contributed by atoms with Gasteiger partial charge in [0, 0.05) is 22.1 Å². The van der Waals surface area contributed by atoms with Crippen LogP contribution in [0, 0.1) is 11.8 Å². The van der Waals surface area contributed by atoms with E-state index in [0.29, 0.717) is 12.6 Å². The molecule has 2 aliphatic rings. The fourth-order valence-electron chi connectivity index (χ4n) is 5.55. The highest BCUT2D eigenvalue weighted by molar-refractivity contribution is 9.10. The van der Waals surface area contributed by atoms with Gasteiger partial charge in [-0.25, -0.2) is 0 Å². The average Bonchev–Trinajstić information content (AvgIpc) is 2.76. The number of likely N-dealkylation sites (tertiary alicyclic amines) is 1. The molecule has 1 aliphatic carbocycles. The molecule has 0 amide bonds. The molecule has 170 valence electrons. The highest BCUT2D eigenvalue weighted by Crippen LogP contribution is 2.31. The number of hydrogen-bond acceptors (Lipinski definition) is 3. The van der Waals surface area contributed by atoms with Crippen LogP contribution in [0.25, 0.3) is 0 Å². The van der Waals surface area contributed by atoms with E-state index in [0.717, 1.165) is 36.4 Å². The molecule has 1 aromatic carbocycles. The van der Waals surface area contributed by atoms with Gasteiger partial charge in [0.2, 0.25) is 0 Å². The van der Waals surface area contributed by atoms with Gasteiger partial charge in [0.15, 0.2) is 0 Å². The van der Waals surface area contributed by atoms with Crippen molar-refractivity contribution in [2.24, 2.45) is 11.8 Å². The quantitative estimate of drug-likeness (QED) is 0.427. The highest BCUT2D eigenvalue weighted by atomic mass is 79.9. The van der Waals surface area contributed by atoms with E-state index < -0.39 is 0 Å². The molecule has 0 radical (unpaired) electrons. The van der Waals surface area contributed by atoms with Crippen molar-refractivity contribution in [1.29, 1.82) is 0 Å². The van der Waals surface area contributed by atoms with Crippen LogP contribution in [0.1, 0.15) is 63.9 Å². The Hall–Kier alpha value is -0.130. The Morgan fingerprint density at radius 2 is 1.83 bits per heavy atom. The van der Waals surface area contributed by atoms with Crippen LogP contribution in [0.3, 0.4) is 0 Å². The fraction of sp³-hybridized carbons (Fsp3) is 0.760. The van der Waals surface area contributed by atoms with Gasteiger partial charge in [-0.2, -0.15) is 0 Å². The van der Waals surface area contributed by atoms with Crippen molar-refractivity contribution in [3.05, 3.63) is 33.3 Å². The second kappa shape index (κ2) is 12.8. The molecule has 0 unspecified atom stereocenters. The maximum absolute atomic E-state index is 9.25. The summed E-state index contributed by atoms with van der Waals surface area (Å²) >= 11 is 9.86. The molecule has 1 aromatic rings. The molecule has 0 spiro atoms. The van der Waals surface area contributed by atoms with Gasteiger partial charge in [-0.3, -0.25) is 4.90 Å². The topological polar surface area (TPSA) is 26.7 Å². The van der Waals surface area contributed by atoms with Gasteiger partial charge in [-0.15, -0.1) is 0 Å². The minimum absolute atomic E-state index is 0.292. The molecular formula is C25H40BrClN2O. The summed E-state index contributed by atoms with van der Waals surface area (Å²) in [5.74, 6) is 1.71. The molecule has 1 N–H and O–H groups in total. The monoisotopic (exact) mass is 498 g/mol. The van der Waals surface area contributed by atoms with Crippen molar-refractivity contribution in [3.8, 4) is 0 Å². The van der Waals surface area contributed by atoms with Crippen molar-refractivity contribution in [1.82, 2.24) is 9.80 Å². The largest absolute Gasteiger partial charge is 0.395 e. The number of piperidine rings is 1. The Labute approximate surface area is 197 Å². The first kappa shape index (κ1) is 24.5. The minimum Gasteiger partial charge on any atom is -0.395 e. The third-order valence-electron chi connectivity index (χ3n) is 7.44. The van der Waals surface area contributed by atoms with Gasteiger partial charge >= 0.3 is 0 Å². The average molecular weight is 500 g/mol. The van der Waals surface area contributed by atoms with Crippen LogP contribution in [0.5, 0.6) is 0 Å². The second-order valence-electron chi connectivity index (χ2n) is 9.39. The molecule has 1 saturated carbocycles. The number of aliphatic hydroxyl groups is 1. The second-order valence-corrected chi connectivity index (χ2v) is 10.7. The number of hydrogen-bond donors (Lipinski definition) is 1. The number of nitrogens with zero attached hydrogens (tertiary/aromatic N) is 2. The summed E-state index contributed by atoms with van der Waals surface area (Å²) < 4.78 is 1.20. The molecule has 3 nitrogen and oxygen atoms in total. The summed E-state index contributed by atoms with van der Waals surface area (Å²) in [5.41, 5.74) is 1.36. The van der Waals surface area contributed by atoms with Crippen LogP contribution in [0.15, 0.2) is 22.7 Å². The molecule has 5 heteroatoms. The molecule has 0 bridgehead atoms. The van der Waals surface area contributed by atoms with Gasteiger partial charge < -0.3 is 10.0 Å². The van der Waals surface area contributed by atoms with E-state index in [1.54, 1.807) is 0 Å². The first-order valence-corrected chi connectivity index (χ1v) is 13.3. The lowest BCUT2D eigenvalue weighted by atomic mass is 9.82. The Balaban J connectivity index is 1.30. The molecule has 0 aromatic heterocycles. The van der Waals surface area contributed by atoms with E-state index in [9.17, 15) is 5.11 Å². The molecule has 30 heavy (non-hydrogen) atoms. The van der Waals surface area contributed by atoms with E-state index >= 15 is 0 Å². The van der Waals surface area contributed by atoms with Crippen molar-refractivity contribution in [2.45, 2.75) is 70.8 Å². The molecular weight excluding hydrogens is 460 g/mol. The fourth-order valence-corrected chi connectivity index (χ4v) is 6.16. The van der Waals surface area contributed by atoms with E-state index in [-0.39, 0.29) is 0 Å². The SMILES string of the molecule is CCN(CCO)C1CCC(CCCN2CCC(Cc3cc(Cl)ccc3Br)CC2)CC1. The number of likely N-dealkylation sites (N-methyl/N-ethyl adjacent to an activating group) is 1. The van der Waals surface area contributed by atoms with E-state index in [1.165, 1.54) is 81.0 Å². The zero-order chi connectivity index (χ0) is 21.3. The Bertz CT molecular complexity index is 628. The lowest BCUT2D eigenvalue weighted by Crippen LogP contribution is -2.39. The van der Waals surface area contributed by atoms with Crippen molar-refractivity contribution in [2.75, 3.05) is 39.3 Å². The number of benzene rings is 1. The maximum Gasteiger partial charge on any atom is 0.0558 e. The van der Waals surface area contributed by atoms with Crippen LogP contribution < -0.4 is 0 Å². The predicted octanol–water partition coefficient (Wildman–Crippen LogP) is 6.01. The maximum atomic E-state index is 9.25. The van der Waals surface area contributed by atoms with Gasteiger partial charge in [0.1, 0.15) is 0 Å². The third-order valence-corrected chi connectivity index (χ3v) is 8.45. The van der Waals surface area contributed by atoms with E-state index in [2.05, 4.69) is 44.8 Å². The Morgan fingerprint density at radius 3 is 2.50 bits per heavy atom. The summed E-state index contributed by atoms with van der Waals surface area (Å²) in [7, 11) is 0. The smallest absolute Gasteiger partial charge is 0.0558 e. The lowest BCUT2D eigenvalue weighted by molar-refractivity contribution is 0.112. The van der Waals surface area contributed by atoms with Gasteiger partial charge in [0.05, 0.1) is 6.61 Å². The molecule has 1 aliphatic heterocycles. The van der Waals surface area contributed by atoms with Gasteiger partial charge in [-0.05, 0) is 120 Å². The first-order valence-electron chi connectivity index (χ1n) is 12.1. The van der Waals surface area contributed by atoms with Crippen LogP contribution in [-0.2, 0) is 6.42 Å². The summed E-state index contributed by atoms with van der Waals surface area (Å²) in [6, 6.07) is 6.86. The normalized spacial score (nSPS) is 23.9.